The summed E-state index contributed by atoms with van der Waals surface area (Å²) in [5.74, 6) is 1.66. The molecule has 7 heteroatoms. The van der Waals surface area contributed by atoms with Gasteiger partial charge in [-0.15, -0.1) is 11.3 Å². The number of rotatable bonds is 4. The molecule has 144 valence electrons. The Kier molecular flexibility index (Phi) is 4.22. The zero-order chi connectivity index (χ0) is 20.0. The maximum absolute atomic E-state index is 13.0. The second-order valence-corrected chi connectivity index (χ2v) is 8.32. The Morgan fingerprint density at radius 3 is 2.76 bits per heavy atom. The van der Waals surface area contributed by atoms with E-state index in [1.807, 2.05) is 54.6 Å². The molecule has 0 bridgehead atoms. The number of thiazole rings is 1. The van der Waals surface area contributed by atoms with Gasteiger partial charge in [0, 0.05) is 18.3 Å². The Balaban J connectivity index is 1.39. The van der Waals surface area contributed by atoms with E-state index in [0.29, 0.717) is 23.2 Å². The van der Waals surface area contributed by atoms with E-state index < -0.39 is 0 Å². The number of nitrogens with zero attached hydrogens (tertiary/aromatic N) is 4. The van der Waals surface area contributed by atoms with Crippen molar-refractivity contribution in [3.05, 3.63) is 65.8 Å². The van der Waals surface area contributed by atoms with Crippen molar-refractivity contribution in [2.75, 3.05) is 6.54 Å². The fraction of sp³-hybridized carbons (Fsp3) is 0.227. The van der Waals surface area contributed by atoms with Gasteiger partial charge in [0.2, 0.25) is 0 Å². The van der Waals surface area contributed by atoms with Gasteiger partial charge in [0.1, 0.15) is 17.7 Å². The second-order valence-electron chi connectivity index (χ2n) is 7.29. The number of para-hydroxylation sites is 2. The number of nitriles is 1. The van der Waals surface area contributed by atoms with Crippen molar-refractivity contribution >= 4 is 17.2 Å². The number of hydrogen-bond donors (Lipinski definition) is 0. The molecular weight excluding hydrogens is 384 g/mol. The number of fused-ring (bicyclic) bond motifs is 1. The summed E-state index contributed by atoms with van der Waals surface area (Å²) in [5.41, 5.74) is 0.894. The van der Waals surface area contributed by atoms with Crippen LogP contribution in [0.4, 0.5) is 0 Å². The predicted molar refractivity (Wildman–Crippen MR) is 109 cm³/mol. The van der Waals surface area contributed by atoms with Gasteiger partial charge in [-0.1, -0.05) is 37.3 Å². The van der Waals surface area contributed by atoms with Crippen LogP contribution in [0.2, 0.25) is 0 Å². The lowest BCUT2D eigenvalue weighted by molar-refractivity contribution is 0.0816. The molecule has 0 saturated carbocycles. The summed E-state index contributed by atoms with van der Waals surface area (Å²) in [6.45, 7) is 2.79. The van der Waals surface area contributed by atoms with E-state index in [-0.39, 0.29) is 18.1 Å². The highest BCUT2D eigenvalue weighted by Gasteiger charge is 2.62. The summed E-state index contributed by atoms with van der Waals surface area (Å²) in [4.78, 5) is 21.7. The third-order valence-electron chi connectivity index (χ3n) is 5.38. The van der Waals surface area contributed by atoms with E-state index in [2.05, 4.69) is 18.1 Å². The second kappa shape index (κ2) is 6.90. The molecule has 2 saturated heterocycles. The summed E-state index contributed by atoms with van der Waals surface area (Å²) < 4.78 is 6.04. The zero-order valence-electron chi connectivity index (χ0n) is 15.7. The lowest BCUT2D eigenvalue weighted by atomic mass is 10.1. The molecule has 2 aliphatic heterocycles. The molecule has 6 nitrogen and oxygen atoms in total. The first-order valence-electron chi connectivity index (χ1n) is 9.44. The molecule has 3 aromatic rings. The van der Waals surface area contributed by atoms with Crippen molar-refractivity contribution in [2.45, 2.75) is 19.1 Å². The number of likely N-dealkylation sites (tertiary alicyclic amines) is 1. The van der Waals surface area contributed by atoms with E-state index in [4.69, 9.17) is 4.74 Å². The van der Waals surface area contributed by atoms with Crippen LogP contribution in [0.5, 0.6) is 11.5 Å². The number of ether oxygens (including phenoxy) is 1. The minimum atomic E-state index is -0.108. The molecule has 1 aromatic heterocycles. The lowest BCUT2D eigenvalue weighted by Gasteiger charge is -2.16. The molecular formula is C22H18N4O2S. The van der Waals surface area contributed by atoms with Crippen LogP contribution in [0.1, 0.15) is 16.7 Å². The van der Waals surface area contributed by atoms with Gasteiger partial charge in [0.25, 0.3) is 5.91 Å². The molecule has 2 aliphatic rings. The smallest absolute Gasteiger partial charge is 0.284 e. The molecule has 2 fully saturated rings. The molecule has 0 aliphatic carbocycles. The summed E-state index contributed by atoms with van der Waals surface area (Å²) in [6.07, 6.45) is 3.80. The van der Waals surface area contributed by atoms with Gasteiger partial charge in [-0.2, -0.15) is 5.26 Å². The highest BCUT2D eigenvalue weighted by Crippen LogP contribution is 2.45. The topological polar surface area (TPSA) is 69.2 Å². The van der Waals surface area contributed by atoms with Crippen LogP contribution < -0.4 is 4.74 Å². The van der Waals surface area contributed by atoms with Crippen LogP contribution in [0.25, 0.3) is 10.4 Å². The number of amides is 1. The Morgan fingerprint density at radius 1 is 1.21 bits per heavy atom. The maximum Gasteiger partial charge on any atom is 0.284 e. The number of benzene rings is 2. The standard InChI is InChI=1S/C22H18N4O2S/c1-14-12-25(13-23)21-19(14)26(21)22(27)20-24-11-18(29-20)16-9-5-6-10-17(16)28-15-7-3-2-4-8-15/h2-11,14,19,21H,12H2,1H3/t14?,19-,21?,26?/m1/s1. The monoisotopic (exact) mass is 402 g/mol. The third-order valence-corrected chi connectivity index (χ3v) is 6.40. The molecule has 29 heavy (non-hydrogen) atoms. The summed E-state index contributed by atoms with van der Waals surface area (Å²) >= 11 is 1.35. The van der Waals surface area contributed by atoms with Gasteiger partial charge >= 0.3 is 0 Å². The van der Waals surface area contributed by atoms with E-state index in [1.165, 1.54) is 11.3 Å². The number of carbonyl (C=O) groups excluding carboxylic acids is 1. The van der Waals surface area contributed by atoms with Crippen LogP contribution in [0.3, 0.4) is 0 Å². The van der Waals surface area contributed by atoms with Gasteiger partial charge in [-0.3, -0.25) is 9.69 Å². The van der Waals surface area contributed by atoms with Crippen LogP contribution in [-0.2, 0) is 0 Å². The first-order valence-corrected chi connectivity index (χ1v) is 10.3. The predicted octanol–water partition coefficient (Wildman–Crippen LogP) is 4.19. The molecule has 0 spiro atoms. The van der Waals surface area contributed by atoms with Gasteiger partial charge < -0.3 is 9.64 Å². The molecule has 0 radical (unpaired) electrons. The Bertz CT molecular complexity index is 1110. The number of carbonyl (C=O) groups is 1. The van der Waals surface area contributed by atoms with Crippen LogP contribution >= 0.6 is 11.3 Å². The third kappa shape index (κ3) is 3.02. The molecule has 2 unspecified atom stereocenters. The number of hydrogen-bond acceptors (Lipinski definition) is 6. The van der Waals surface area contributed by atoms with Gasteiger partial charge in [0.15, 0.2) is 11.2 Å². The van der Waals surface area contributed by atoms with Crippen LogP contribution in [-0.4, -0.2) is 39.4 Å². The Labute approximate surface area is 172 Å². The van der Waals surface area contributed by atoms with Crippen molar-refractivity contribution in [1.82, 2.24) is 14.8 Å². The molecule has 3 heterocycles. The minimum Gasteiger partial charge on any atom is -0.457 e. The van der Waals surface area contributed by atoms with Gasteiger partial charge in [-0.05, 0) is 30.2 Å². The van der Waals surface area contributed by atoms with Crippen LogP contribution in [0, 0.1) is 17.4 Å². The van der Waals surface area contributed by atoms with Gasteiger partial charge in [0.05, 0.1) is 10.9 Å². The van der Waals surface area contributed by atoms with Crippen molar-refractivity contribution < 1.29 is 9.53 Å². The SMILES string of the molecule is CC1CN(C#N)C2[C@@H]1N2C(=O)c1ncc(-c2ccccc2Oc2ccccc2)s1. The van der Waals surface area contributed by atoms with Gasteiger partial charge in [-0.25, -0.2) is 4.98 Å². The molecule has 1 amide bonds. The average molecular weight is 402 g/mol. The quantitative estimate of drug-likeness (QED) is 0.484. The van der Waals surface area contributed by atoms with Crippen LogP contribution in [0.15, 0.2) is 60.8 Å². The Morgan fingerprint density at radius 2 is 1.97 bits per heavy atom. The van der Waals surface area contributed by atoms with Crippen molar-refractivity contribution in [3.63, 3.8) is 0 Å². The normalized spacial score (nSPS) is 22.1. The summed E-state index contributed by atoms with van der Waals surface area (Å²) in [7, 11) is 0. The first-order chi connectivity index (χ1) is 14.2. The fourth-order valence-corrected chi connectivity index (χ4v) is 4.89. The molecule has 0 N–H and O–H groups in total. The van der Waals surface area contributed by atoms with E-state index in [0.717, 1.165) is 16.2 Å². The molecule has 2 aromatic carbocycles. The lowest BCUT2D eigenvalue weighted by Crippen LogP contribution is -2.30. The molecule has 3 atom stereocenters. The largest absolute Gasteiger partial charge is 0.457 e. The molecule has 5 rings (SSSR count). The zero-order valence-corrected chi connectivity index (χ0v) is 16.5. The summed E-state index contributed by atoms with van der Waals surface area (Å²) in [5, 5.41) is 9.71. The highest BCUT2D eigenvalue weighted by atomic mass is 32.1. The maximum atomic E-state index is 13.0. The van der Waals surface area contributed by atoms with Crippen molar-refractivity contribution in [1.29, 1.82) is 5.26 Å². The van der Waals surface area contributed by atoms with E-state index in [1.54, 1.807) is 16.0 Å². The number of aromatic nitrogens is 1. The summed E-state index contributed by atoms with van der Waals surface area (Å²) in [6, 6.07) is 17.4. The fourth-order valence-electron chi connectivity index (χ4n) is 4.00. The minimum absolute atomic E-state index is 0.107. The highest BCUT2D eigenvalue weighted by molar-refractivity contribution is 7.17. The van der Waals surface area contributed by atoms with E-state index >= 15 is 0 Å². The van der Waals surface area contributed by atoms with Crippen molar-refractivity contribution in [3.8, 4) is 28.1 Å². The van der Waals surface area contributed by atoms with E-state index in [9.17, 15) is 10.1 Å². The average Bonchev–Trinajstić information content (AvgIpc) is 3.12. The first kappa shape index (κ1) is 17.7. The van der Waals surface area contributed by atoms with Crippen molar-refractivity contribution in [2.24, 2.45) is 5.92 Å². The Hall–Kier alpha value is -3.37.